The van der Waals surface area contributed by atoms with Gasteiger partial charge in [0.25, 0.3) is 5.91 Å². The molecule has 1 fully saturated rings. The molecular weight excluding hydrogens is 721 g/mol. The molecule has 278 valence electrons. The number of nitrogens with one attached hydrogen (secondary N) is 5. The topological polar surface area (TPSA) is 197 Å². The Hall–Kier alpha value is -5.97. The summed E-state index contributed by atoms with van der Waals surface area (Å²) in [5, 5.41) is 23.4. The minimum absolute atomic E-state index is 0.0404. The number of aromatic nitrogens is 3. The highest BCUT2D eigenvalue weighted by molar-refractivity contribution is 6.39. The number of carboxylic acids is 1. The van der Waals surface area contributed by atoms with E-state index in [0.717, 1.165) is 17.5 Å². The highest BCUT2D eigenvalue weighted by atomic mass is 35.5. The number of aliphatic carboxylic acids is 1. The molecule has 0 unspecified atom stereocenters. The van der Waals surface area contributed by atoms with Crippen molar-refractivity contribution >= 4 is 58.6 Å². The van der Waals surface area contributed by atoms with Gasteiger partial charge in [0.15, 0.2) is 6.61 Å². The van der Waals surface area contributed by atoms with Crippen molar-refractivity contribution in [3.8, 4) is 6.01 Å². The molecule has 5 rings (SSSR count). The second-order valence-corrected chi connectivity index (χ2v) is 12.4. The van der Waals surface area contributed by atoms with E-state index in [1.54, 1.807) is 30.3 Å². The van der Waals surface area contributed by atoms with E-state index in [1.807, 2.05) is 25.1 Å². The minimum Gasteiger partial charge on any atom is -0.480 e. The molecule has 1 heterocycles. The molecule has 3 aromatic carbocycles. The number of benzene rings is 3. The average molecular weight is 755 g/mol. The van der Waals surface area contributed by atoms with Crippen molar-refractivity contribution in [2.45, 2.75) is 50.4 Å². The lowest BCUT2D eigenvalue weighted by Crippen LogP contribution is -2.44. The molecule has 18 heteroatoms. The lowest BCUT2D eigenvalue weighted by atomic mass is 10.1. The predicted octanol–water partition coefficient (Wildman–Crippen LogP) is 5.20. The monoisotopic (exact) mass is 754 g/mol. The van der Waals surface area contributed by atoms with Gasteiger partial charge in [0.1, 0.15) is 6.04 Å². The van der Waals surface area contributed by atoms with Crippen molar-refractivity contribution in [3.05, 3.63) is 94.5 Å². The molecule has 3 amide bonds. The zero-order valence-electron chi connectivity index (χ0n) is 28.1. The molecular formula is C35H34ClF3N8O6. The van der Waals surface area contributed by atoms with Crippen LogP contribution in [0.15, 0.2) is 72.8 Å². The van der Waals surface area contributed by atoms with Crippen LogP contribution in [0.5, 0.6) is 6.01 Å². The first-order valence-corrected chi connectivity index (χ1v) is 16.7. The normalized spacial score (nSPS) is 13.6. The Morgan fingerprint density at radius 1 is 0.925 bits per heavy atom. The number of carbonyl (C=O) groups is 4. The Kier molecular flexibility index (Phi) is 12.0. The molecule has 0 saturated heterocycles. The molecule has 0 aliphatic heterocycles. The summed E-state index contributed by atoms with van der Waals surface area (Å²) in [6.07, 6.45) is -2.72. The van der Waals surface area contributed by atoms with E-state index in [-0.39, 0.29) is 30.4 Å². The van der Waals surface area contributed by atoms with Crippen LogP contribution in [0.1, 0.15) is 47.7 Å². The maximum Gasteiger partial charge on any atom is 0.422 e. The summed E-state index contributed by atoms with van der Waals surface area (Å²) < 4.78 is 43.6. The van der Waals surface area contributed by atoms with Crippen molar-refractivity contribution in [1.82, 2.24) is 25.6 Å². The van der Waals surface area contributed by atoms with Gasteiger partial charge in [-0.3, -0.25) is 14.4 Å². The first kappa shape index (κ1) is 38.3. The van der Waals surface area contributed by atoms with Gasteiger partial charge < -0.3 is 36.4 Å². The third kappa shape index (κ3) is 11.0. The lowest BCUT2D eigenvalue weighted by Gasteiger charge is -2.19. The van der Waals surface area contributed by atoms with Gasteiger partial charge in [-0.25, -0.2) is 4.79 Å². The number of alkyl halides is 3. The van der Waals surface area contributed by atoms with E-state index < -0.39 is 54.1 Å². The molecule has 53 heavy (non-hydrogen) atoms. The van der Waals surface area contributed by atoms with Crippen LogP contribution in [0.4, 0.5) is 36.4 Å². The maximum absolute atomic E-state index is 12.9. The standard InChI is InChI=1S/C35H34ClF3N8O6/c1-2-20-4-3-5-25(18-20)41-29(50)28(49)40-17-14-26(30(51)52)43-27(48)21-6-12-24(13-7-21)42-31-44-32(46-33(45-31)53-19-35(37,38)39)47-34(15-16-34)22-8-10-23(36)11-9-22/h3-13,18,26H,2,14-17,19H2,1H3,(H,40,49)(H,41,50)(H,43,48)(H,51,52)(H2,42,44,45,46,47)/t26-/m0/s1. The molecule has 0 radical (unpaired) electrons. The van der Waals surface area contributed by atoms with Gasteiger partial charge in [0.2, 0.25) is 11.9 Å². The highest BCUT2D eigenvalue weighted by Gasteiger charge is 2.45. The van der Waals surface area contributed by atoms with Crippen LogP contribution >= 0.6 is 11.6 Å². The van der Waals surface area contributed by atoms with E-state index in [4.69, 9.17) is 16.3 Å². The lowest BCUT2D eigenvalue weighted by molar-refractivity contribution is -0.154. The summed E-state index contributed by atoms with van der Waals surface area (Å²) in [6, 6.07) is 17.7. The van der Waals surface area contributed by atoms with E-state index in [9.17, 15) is 37.5 Å². The molecule has 0 bridgehead atoms. The molecule has 1 saturated carbocycles. The third-order valence-electron chi connectivity index (χ3n) is 8.00. The molecule has 1 aliphatic rings. The van der Waals surface area contributed by atoms with Crippen LogP contribution in [0.25, 0.3) is 0 Å². The molecule has 6 N–H and O–H groups in total. The number of carboxylic acid groups (broad SMARTS) is 1. The van der Waals surface area contributed by atoms with Crippen molar-refractivity contribution in [1.29, 1.82) is 0 Å². The fourth-order valence-corrected chi connectivity index (χ4v) is 5.20. The Morgan fingerprint density at radius 2 is 1.62 bits per heavy atom. The molecule has 14 nitrogen and oxygen atoms in total. The van der Waals surface area contributed by atoms with Gasteiger partial charge in [0, 0.05) is 28.5 Å². The van der Waals surface area contributed by atoms with Crippen molar-refractivity contribution in [2.24, 2.45) is 0 Å². The van der Waals surface area contributed by atoms with E-state index >= 15 is 0 Å². The van der Waals surface area contributed by atoms with Crippen LogP contribution in [0.3, 0.4) is 0 Å². The van der Waals surface area contributed by atoms with Crippen LogP contribution < -0.4 is 31.3 Å². The number of hydrogen-bond acceptors (Lipinski definition) is 10. The maximum atomic E-state index is 12.9. The Morgan fingerprint density at radius 3 is 2.26 bits per heavy atom. The molecule has 0 spiro atoms. The van der Waals surface area contributed by atoms with E-state index in [2.05, 4.69) is 41.5 Å². The number of nitrogens with zero attached hydrogens (tertiary/aromatic N) is 3. The number of ether oxygens (including phenoxy) is 1. The number of halogens is 4. The molecule has 1 aromatic heterocycles. The SMILES string of the molecule is CCc1cccc(NC(=O)C(=O)NCC[C@H](NC(=O)c2ccc(Nc3nc(NC4(c5ccc(Cl)cc5)CC4)nc(OCC(F)(F)F)n3)cc2)C(=O)O)c1. The van der Waals surface area contributed by atoms with Gasteiger partial charge >= 0.3 is 30.0 Å². The number of amides is 3. The van der Waals surface area contributed by atoms with Gasteiger partial charge in [-0.05, 0) is 85.3 Å². The average Bonchev–Trinajstić information content (AvgIpc) is 3.90. The van der Waals surface area contributed by atoms with Crippen molar-refractivity contribution in [3.63, 3.8) is 0 Å². The van der Waals surface area contributed by atoms with Gasteiger partial charge in [-0.15, -0.1) is 0 Å². The third-order valence-corrected chi connectivity index (χ3v) is 8.25. The second-order valence-electron chi connectivity index (χ2n) is 12.0. The van der Waals surface area contributed by atoms with Crippen LogP contribution in [-0.4, -0.2) is 69.1 Å². The largest absolute Gasteiger partial charge is 0.480 e. The van der Waals surface area contributed by atoms with Gasteiger partial charge in [-0.1, -0.05) is 42.8 Å². The van der Waals surface area contributed by atoms with Crippen LogP contribution in [-0.2, 0) is 26.3 Å². The Bertz CT molecular complexity index is 1960. The molecule has 1 atom stereocenters. The van der Waals surface area contributed by atoms with Crippen molar-refractivity contribution in [2.75, 3.05) is 29.1 Å². The summed E-state index contributed by atoms with van der Waals surface area (Å²) in [6.45, 7) is 0.0913. The fraction of sp³-hybridized carbons (Fsp3) is 0.286. The minimum atomic E-state index is -4.64. The van der Waals surface area contributed by atoms with Crippen molar-refractivity contribution < 1.29 is 42.2 Å². The summed E-state index contributed by atoms with van der Waals surface area (Å²) in [7, 11) is 0. The summed E-state index contributed by atoms with van der Waals surface area (Å²) in [4.78, 5) is 61.6. The van der Waals surface area contributed by atoms with Crippen LogP contribution in [0, 0.1) is 0 Å². The number of carbonyl (C=O) groups excluding carboxylic acids is 3. The number of hydrogen-bond donors (Lipinski definition) is 6. The molecule has 4 aromatic rings. The fourth-order valence-electron chi connectivity index (χ4n) is 5.07. The zero-order valence-corrected chi connectivity index (χ0v) is 28.8. The second kappa shape index (κ2) is 16.6. The number of rotatable bonds is 15. The quantitative estimate of drug-likeness (QED) is 0.0873. The Balaban J connectivity index is 1.19. The smallest absolute Gasteiger partial charge is 0.422 e. The summed E-state index contributed by atoms with van der Waals surface area (Å²) >= 11 is 6.02. The zero-order chi connectivity index (χ0) is 38.2. The summed E-state index contributed by atoms with van der Waals surface area (Å²) in [5.41, 5.74) is 2.13. The Labute approximate surface area is 305 Å². The van der Waals surface area contributed by atoms with Gasteiger partial charge in [0.05, 0.1) is 5.54 Å². The van der Waals surface area contributed by atoms with E-state index in [1.165, 1.54) is 24.3 Å². The molecule has 1 aliphatic carbocycles. The first-order valence-electron chi connectivity index (χ1n) is 16.3. The highest BCUT2D eigenvalue weighted by Crippen LogP contribution is 2.48. The summed E-state index contributed by atoms with van der Waals surface area (Å²) in [5.74, 6) is -4.20. The van der Waals surface area contributed by atoms with E-state index in [0.29, 0.717) is 29.2 Å². The number of aryl methyl sites for hydroxylation is 1. The first-order chi connectivity index (χ1) is 25.2. The predicted molar refractivity (Wildman–Crippen MR) is 188 cm³/mol. The van der Waals surface area contributed by atoms with Crippen LogP contribution in [0.2, 0.25) is 5.02 Å². The number of anilines is 4. The van der Waals surface area contributed by atoms with Gasteiger partial charge in [-0.2, -0.15) is 28.1 Å².